The summed E-state index contributed by atoms with van der Waals surface area (Å²) < 4.78 is 1.80. The van der Waals surface area contributed by atoms with Gasteiger partial charge in [-0.15, -0.1) is 0 Å². The molecule has 0 spiro atoms. The third-order valence-corrected chi connectivity index (χ3v) is 3.54. The Morgan fingerprint density at radius 2 is 2.05 bits per heavy atom. The fraction of sp³-hybridized carbons (Fsp3) is 0.0625. The number of rotatable bonds is 2. The molecule has 5 nitrogen and oxygen atoms in total. The number of nitrogens with one attached hydrogen (secondary N) is 1. The van der Waals surface area contributed by atoms with Gasteiger partial charge in [0, 0.05) is 17.4 Å². The van der Waals surface area contributed by atoms with E-state index in [1.807, 2.05) is 42.5 Å². The van der Waals surface area contributed by atoms with Gasteiger partial charge in [-0.3, -0.25) is 4.79 Å². The van der Waals surface area contributed by atoms with Gasteiger partial charge >= 0.3 is 0 Å². The molecule has 1 N–H and O–H groups in total. The second-order valence-electron chi connectivity index (χ2n) is 4.91. The molecule has 4 rings (SSSR count). The Morgan fingerprint density at radius 3 is 2.90 bits per heavy atom. The summed E-state index contributed by atoms with van der Waals surface area (Å²) in [5.74, 6) is 0.813. The predicted molar refractivity (Wildman–Crippen MR) is 79.1 cm³/mol. The lowest BCUT2D eigenvalue weighted by Crippen LogP contribution is -2.03. The molecule has 1 aromatic carbocycles. The van der Waals surface area contributed by atoms with Crippen LogP contribution in [0.2, 0.25) is 0 Å². The number of aromatic nitrogens is 3. The van der Waals surface area contributed by atoms with E-state index < -0.39 is 0 Å². The maximum absolute atomic E-state index is 11.4. The largest absolute Gasteiger partial charge is 0.326 e. The smallest absolute Gasteiger partial charge is 0.228 e. The number of fused-ring (bicyclic) bond motifs is 1. The molecule has 3 aromatic rings. The van der Waals surface area contributed by atoms with Crippen molar-refractivity contribution in [2.24, 2.45) is 0 Å². The highest BCUT2D eigenvalue weighted by Crippen LogP contribution is 2.29. The fourth-order valence-electron chi connectivity index (χ4n) is 2.57. The van der Waals surface area contributed by atoms with Crippen LogP contribution in [0.5, 0.6) is 0 Å². The maximum atomic E-state index is 11.4. The van der Waals surface area contributed by atoms with E-state index in [9.17, 15) is 4.79 Å². The number of amides is 1. The van der Waals surface area contributed by atoms with Crippen LogP contribution >= 0.6 is 0 Å². The summed E-state index contributed by atoms with van der Waals surface area (Å²) in [5, 5.41) is 7.19. The Kier molecular flexibility index (Phi) is 2.57. The highest BCUT2D eigenvalue weighted by molar-refractivity contribution is 5.99. The zero-order chi connectivity index (χ0) is 14.2. The highest BCUT2D eigenvalue weighted by atomic mass is 16.1. The van der Waals surface area contributed by atoms with E-state index in [-0.39, 0.29) is 5.91 Å². The highest BCUT2D eigenvalue weighted by Gasteiger charge is 2.18. The first-order valence-electron chi connectivity index (χ1n) is 6.70. The minimum atomic E-state index is 0.0420. The standard InChI is InChI=1S/C16H12N4O/c21-16-10-12-9-11(4-5-13(12)19-16)14-6-8-18-20(14)15-3-1-2-7-17-15/h1-9H,10H2,(H,19,21). The van der Waals surface area contributed by atoms with Crippen LogP contribution in [0.4, 0.5) is 5.69 Å². The van der Waals surface area contributed by atoms with Crippen molar-refractivity contribution in [1.82, 2.24) is 14.8 Å². The fourth-order valence-corrected chi connectivity index (χ4v) is 2.57. The minimum absolute atomic E-state index is 0.0420. The molecule has 0 radical (unpaired) electrons. The molecule has 21 heavy (non-hydrogen) atoms. The van der Waals surface area contributed by atoms with Gasteiger partial charge in [-0.05, 0) is 35.9 Å². The first kappa shape index (κ1) is 11.8. The number of nitrogens with zero attached hydrogens (tertiary/aromatic N) is 3. The van der Waals surface area contributed by atoms with Crippen molar-refractivity contribution in [2.45, 2.75) is 6.42 Å². The van der Waals surface area contributed by atoms with Crippen molar-refractivity contribution in [1.29, 1.82) is 0 Å². The van der Waals surface area contributed by atoms with Gasteiger partial charge < -0.3 is 5.32 Å². The summed E-state index contributed by atoms with van der Waals surface area (Å²) in [6.45, 7) is 0. The van der Waals surface area contributed by atoms with E-state index in [4.69, 9.17) is 0 Å². The monoisotopic (exact) mass is 276 g/mol. The summed E-state index contributed by atoms with van der Waals surface area (Å²) in [7, 11) is 0. The SMILES string of the molecule is O=C1Cc2cc(-c3ccnn3-c3ccccn3)ccc2N1. The Hall–Kier alpha value is -2.95. The summed E-state index contributed by atoms with van der Waals surface area (Å²) in [6.07, 6.45) is 3.92. The molecule has 2 aromatic heterocycles. The topological polar surface area (TPSA) is 59.8 Å². The van der Waals surface area contributed by atoms with Crippen LogP contribution in [0, 0.1) is 0 Å². The molecule has 5 heteroatoms. The van der Waals surface area contributed by atoms with Crippen LogP contribution in [0.1, 0.15) is 5.56 Å². The summed E-state index contributed by atoms with van der Waals surface area (Å²) in [5.41, 5.74) is 3.89. The summed E-state index contributed by atoms with van der Waals surface area (Å²) in [4.78, 5) is 15.8. The molecule has 0 unspecified atom stereocenters. The van der Waals surface area contributed by atoms with Crippen LogP contribution in [0.3, 0.4) is 0 Å². The van der Waals surface area contributed by atoms with E-state index in [0.717, 1.165) is 28.3 Å². The normalized spacial score (nSPS) is 13.0. The van der Waals surface area contributed by atoms with Crippen LogP contribution in [0.15, 0.2) is 54.9 Å². The molecular formula is C16H12N4O. The van der Waals surface area contributed by atoms with E-state index in [1.54, 1.807) is 17.1 Å². The number of benzene rings is 1. The van der Waals surface area contributed by atoms with Crippen LogP contribution in [0.25, 0.3) is 17.1 Å². The summed E-state index contributed by atoms with van der Waals surface area (Å²) >= 11 is 0. The maximum Gasteiger partial charge on any atom is 0.228 e. The second kappa shape index (κ2) is 4.56. The molecule has 0 atom stereocenters. The van der Waals surface area contributed by atoms with Crippen LogP contribution in [-0.2, 0) is 11.2 Å². The van der Waals surface area contributed by atoms with E-state index >= 15 is 0 Å². The van der Waals surface area contributed by atoms with Gasteiger partial charge in [0.2, 0.25) is 5.91 Å². The third-order valence-electron chi connectivity index (χ3n) is 3.54. The van der Waals surface area contributed by atoms with Gasteiger partial charge in [0.15, 0.2) is 5.82 Å². The molecule has 1 aliphatic rings. The number of anilines is 1. The molecule has 0 aliphatic carbocycles. The lowest BCUT2D eigenvalue weighted by Gasteiger charge is -2.08. The van der Waals surface area contributed by atoms with Crippen molar-refractivity contribution in [3.8, 4) is 17.1 Å². The molecule has 0 saturated carbocycles. The third kappa shape index (κ3) is 1.99. The average molecular weight is 276 g/mol. The van der Waals surface area contributed by atoms with Crippen molar-refractivity contribution in [3.63, 3.8) is 0 Å². The molecule has 1 aliphatic heterocycles. The number of hydrogen-bond acceptors (Lipinski definition) is 3. The Morgan fingerprint density at radius 1 is 1.10 bits per heavy atom. The van der Waals surface area contributed by atoms with Gasteiger partial charge in [0.25, 0.3) is 0 Å². The molecular weight excluding hydrogens is 264 g/mol. The van der Waals surface area contributed by atoms with E-state index in [0.29, 0.717) is 6.42 Å². The zero-order valence-electron chi connectivity index (χ0n) is 11.2. The molecule has 0 saturated heterocycles. The van der Waals surface area contributed by atoms with Gasteiger partial charge in [-0.1, -0.05) is 12.1 Å². The number of pyridine rings is 1. The molecule has 3 heterocycles. The quantitative estimate of drug-likeness (QED) is 0.782. The average Bonchev–Trinajstić information content (AvgIpc) is 3.12. The van der Waals surface area contributed by atoms with Crippen molar-refractivity contribution >= 4 is 11.6 Å². The Labute approximate surface area is 121 Å². The molecule has 0 bridgehead atoms. The van der Waals surface area contributed by atoms with Gasteiger partial charge in [-0.25, -0.2) is 9.67 Å². The van der Waals surface area contributed by atoms with Crippen LogP contribution < -0.4 is 5.32 Å². The number of carbonyl (C=O) groups excluding carboxylic acids is 1. The van der Waals surface area contributed by atoms with Gasteiger partial charge in [0.05, 0.1) is 18.3 Å². The van der Waals surface area contributed by atoms with E-state index in [1.165, 1.54) is 0 Å². The molecule has 0 fully saturated rings. The second-order valence-corrected chi connectivity index (χ2v) is 4.91. The molecule has 1 amide bonds. The van der Waals surface area contributed by atoms with Gasteiger partial charge in [-0.2, -0.15) is 5.10 Å². The van der Waals surface area contributed by atoms with Crippen molar-refractivity contribution in [3.05, 3.63) is 60.4 Å². The Balaban J connectivity index is 1.81. The number of carbonyl (C=O) groups is 1. The van der Waals surface area contributed by atoms with Crippen molar-refractivity contribution in [2.75, 3.05) is 5.32 Å². The van der Waals surface area contributed by atoms with Crippen molar-refractivity contribution < 1.29 is 4.79 Å². The molecule has 102 valence electrons. The lowest BCUT2D eigenvalue weighted by atomic mass is 10.1. The van der Waals surface area contributed by atoms with Gasteiger partial charge in [0.1, 0.15) is 0 Å². The minimum Gasteiger partial charge on any atom is -0.326 e. The van der Waals surface area contributed by atoms with Crippen LogP contribution in [-0.4, -0.2) is 20.7 Å². The summed E-state index contributed by atoms with van der Waals surface area (Å²) in [6, 6.07) is 13.6. The van der Waals surface area contributed by atoms with E-state index in [2.05, 4.69) is 15.4 Å². The predicted octanol–water partition coefficient (Wildman–Crippen LogP) is 2.43. The lowest BCUT2D eigenvalue weighted by molar-refractivity contribution is -0.115. The first-order chi connectivity index (χ1) is 10.3. The Bertz CT molecular complexity index is 823. The zero-order valence-corrected chi connectivity index (χ0v) is 11.2. The first-order valence-corrected chi connectivity index (χ1v) is 6.70. The number of hydrogen-bond donors (Lipinski definition) is 1.